The lowest BCUT2D eigenvalue weighted by molar-refractivity contribution is -0.141. The summed E-state index contributed by atoms with van der Waals surface area (Å²) < 4.78 is 1.72. The minimum atomic E-state index is -1.10. The molecule has 2 amide bonds. The Balaban J connectivity index is 2.00. The predicted octanol–water partition coefficient (Wildman–Crippen LogP) is 4.52. The third-order valence-corrected chi connectivity index (χ3v) is 6.14. The van der Waals surface area contributed by atoms with Crippen LogP contribution in [-0.4, -0.2) is 45.0 Å². The van der Waals surface area contributed by atoms with E-state index < -0.39 is 17.9 Å². The van der Waals surface area contributed by atoms with Crippen LogP contribution in [0.25, 0.3) is 0 Å². The molecule has 0 aliphatic rings. The monoisotopic (exact) mass is 478 g/mol. The summed E-state index contributed by atoms with van der Waals surface area (Å²) in [5, 5.41) is 14.6. The fourth-order valence-electron chi connectivity index (χ4n) is 3.96. The lowest BCUT2D eigenvalue weighted by Crippen LogP contribution is -2.43. The Morgan fingerprint density at radius 1 is 0.882 bits per heavy atom. The highest BCUT2D eigenvalue weighted by atomic mass is 16.4. The normalized spacial score (nSPS) is 11.8. The smallest absolute Gasteiger partial charge is 0.326 e. The minimum Gasteiger partial charge on any atom is -0.480 e. The van der Waals surface area contributed by atoms with Crippen molar-refractivity contribution in [3.8, 4) is 0 Å². The quantitative estimate of drug-likeness (QED) is 0.225. The van der Waals surface area contributed by atoms with Crippen LogP contribution >= 0.6 is 0 Å². The molecule has 3 N–H and O–H groups in total. The van der Waals surface area contributed by atoms with Crippen LogP contribution in [-0.2, 0) is 27.9 Å². The van der Waals surface area contributed by atoms with Crippen LogP contribution in [0.5, 0.6) is 0 Å². The molecule has 1 aromatic heterocycles. The number of nitrogens with one attached hydrogen (secondary N) is 2. The van der Waals surface area contributed by atoms with Gasteiger partial charge in [-0.2, -0.15) is 0 Å². The summed E-state index contributed by atoms with van der Waals surface area (Å²) in [5.41, 5.74) is 0.721. The first kappa shape index (κ1) is 29.7. The molecule has 0 radical (unpaired) electrons. The van der Waals surface area contributed by atoms with Crippen LogP contribution in [0.1, 0.15) is 109 Å². The second kappa shape index (κ2) is 19.0. The molecular weight excluding hydrogens is 432 g/mol. The van der Waals surface area contributed by atoms with Crippen LogP contribution in [0.2, 0.25) is 0 Å². The summed E-state index contributed by atoms with van der Waals surface area (Å²) in [4.78, 5) is 39.5. The summed E-state index contributed by atoms with van der Waals surface area (Å²) in [7, 11) is 1.77. The number of nitrogens with zero attached hydrogens (tertiary/aromatic N) is 2. The molecule has 34 heavy (non-hydrogen) atoms. The Morgan fingerprint density at radius 2 is 1.44 bits per heavy atom. The molecule has 0 aromatic carbocycles. The van der Waals surface area contributed by atoms with E-state index in [0.717, 1.165) is 18.5 Å². The molecule has 0 fully saturated rings. The van der Waals surface area contributed by atoms with E-state index in [2.05, 4.69) is 22.5 Å². The molecule has 1 aromatic rings. The van der Waals surface area contributed by atoms with Gasteiger partial charge in [0.15, 0.2) is 0 Å². The maximum absolute atomic E-state index is 12.1. The highest BCUT2D eigenvalue weighted by Crippen LogP contribution is 2.13. The zero-order valence-electron chi connectivity index (χ0n) is 21.3. The number of unbranched alkanes of at least 4 members (excludes halogenated alkanes) is 12. The van der Waals surface area contributed by atoms with Gasteiger partial charge in [0.25, 0.3) is 0 Å². The minimum absolute atomic E-state index is 0.0551. The van der Waals surface area contributed by atoms with Crippen molar-refractivity contribution >= 4 is 17.8 Å². The Morgan fingerprint density at radius 3 is 1.94 bits per heavy atom. The van der Waals surface area contributed by atoms with Gasteiger partial charge in [-0.3, -0.25) is 9.59 Å². The second-order valence-electron chi connectivity index (χ2n) is 9.25. The lowest BCUT2D eigenvalue weighted by atomic mass is 10.0. The van der Waals surface area contributed by atoms with Gasteiger partial charge in [-0.05, 0) is 6.42 Å². The summed E-state index contributed by atoms with van der Waals surface area (Å²) >= 11 is 0. The molecular formula is C26H46N4O4. The molecule has 194 valence electrons. The highest BCUT2D eigenvalue weighted by Gasteiger charge is 2.21. The van der Waals surface area contributed by atoms with Gasteiger partial charge in [0.1, 0.15) is 6.04 Å². The first-order valence-corrected chi connectivity index (χ1v) is 13.2. The molecule has 0 unspecified atom stereocenters. The molecule has 1 heterocycles. The van der Waals surface area contributed by atoms with Crippen molar-refractivity contribution in [3.05, 3.63) is 18.2 Å². The van der Waals surface area contributed by atoms with E-state index >= 15 is 0 Å². The van der Waals surface area contributed by atoms with Crippen molar-refractivity contribution in [2.45, 2.75) is 116 Å². The summed E-state index contributed by atoms with van der Waals surface area (Å²) in [5.74, 6) is -1.54. The number of carboxylic acid groups (broad SMARTS) is 1. The summed E-state index contributed by atoms with van der Waals surface area (Å²) in [6, 6.07) is -1.02. The number of carbonyl (C=O) groups excluding carboxylic acids is 2. The molecule has 0 aliphatic carbocycles. The van der Waals surface area contributed by atoms with Crippen LogP contribution in [0.4, 0.5) is 0 Å². The standard InChI is InChI=1S/C26H46N4O4/c1-3-4-5-6-7-8-9-10-11-12-13-14-15-16-24(31)28-18-17-25(32)29-23(26(33)34)19-22-20-27-21-30(22)2/h20-21,23H,3-19H2,1-2H3,(H,28,31)(H,29,32)(H,33,34)/t23-/m0/s1. The molecule has 0 spiro atoms. The number of carbonyl (C=O) groups is 3. The van der Waals surface area contributed by atoms with Gasteiger partial charge in [0, 0.05) is 44.7 Å². The Hall–Kier alpha value is -2.38. The van der Waals surface area contributed by atoms with Crippen LogP contribution in [0.15, 0.2) is 12.5 Å². The zero-order chi connectivity index (χ0) is 25.0. The molecule has 0 saturated heterocycles. The average Bonchev–Trinajstić information content (AvgIpc) is 3.20. The molecule has 0 aliphatic heterocycles. The molecule has 0 saturated carbocycles. The predicted molar refractivity (Wildman–Crippen MR) is 134 cm³/mol. The zero-order valence-corrected chi connectivity index (χ0v) is 21.3. The van der Waals surface area contributed by atoms with Crippen molar-refractivity contribution in [3.63, 3.8) is 0 Å². The number of aliphatic carboxylic acids is 1. The third-order valence-electron chi connectivity index (χ3n) is 6.14. The molecule has 8 nitrogen and oxygen atoms in total. The van der Waals surface area contributed by atoms with E-state index in [4.69, 9.17) is 0 Å². The first-order chi connectivity index (χ1) is 16.4. The van der Waals surface area contributed by atoms with Crippen molar-refractivity contribution in [2.75, 3.05) is 6.54 Å². The number of amides is 2. The van der Waals surface area contributed by atoms with Gasteiger partial charge in [-0.15, -0.1) is 0 Å². The van der Waals surface area contributed by atoms with Gasteiger partial charge in [-0.1, -0.05) is 84.0 Å². The van der Waals surface area contributed by atoms with Crippen molar-refractivity contribution in [1.29, 1.82) is 0 Å². The second-order valence-corrected chi connectivity index (χ2v) is 9.25. The SMILES string of the molecule is CCCCCCCCCCCCCCCC(=O)NCCC(=O)N[C@@H](Cc1cncn1C)C(=O)O. The number of aromatic nitrogens is 2. The number of imidazole rings is 1. The molecule has 0 bridgehead atoms. The number of carboxylic acids is 1. The van der Waals surface area contributed by atoms with Crippen molar-refractivity contribution in [2.24, 2.45) is 7.05 Å². The molecule has 8 heteroatoms. The number of aryl methyl sites for hydroxylation is 1. The topological polar surface area (TPSA) is 113 Å². The van der Waals surface area contributed by atoms with E-state index in [1.807, 2.05) is 0 Å². The Bertz CT molecular complexity index is 705. The van der Waals surface area contributed by atoms with E-state index in [1.54, 1.807) is 24.1 Å². The van der Waals surface area contributed by atoms with Gasteiger partial charge in [0.05, 0.1) is 6.33 Å². The fourth-order valence-corrected chi connectivity index (χ4v) is 3.96. The maximum Gasteiger partial charge on any atom is 0.326 e. The lowest BCUT2D eigenvalue weighted by Gasteiger charge is -2.15. The van der Waals surface area contributed by atoms with Gasteiger partial charge < -0.3 is 20.3 Å². The van der Waals surface area contributed by atoms with Crippen molar-refractivity contribution in [1.82, 2.24) is 20.2 Å². The number of hydrogen-bond acceptors (Lipinski definition) is 4. The van der Waals surface area contributed by atoms with Crippen LogP contribution in [0.3, 0.4) is 0 Å². The van der Waals surface area contributed by atoms with E-state index in [-0.39, 0.29) is 25.3 Å². The highest BCUT2D eigenvalue weighted by molar-refractivity contribution is 5.84. The third kappa shape index (κ3) is 14.7. The number of rotatable bonds is 21. The van der Waals surface area contributed by atoms with Gasteiger partial charge >= 0.3 is 5.97 Å². The fraction of sp³-hybridized carbons (Fsp3) is 0.769. The van der Waals surface area contributed by atoms with Crippen molar-refractivity contribution < 1.29 is 19.5 Å². The first-order valence-electron chi connectivity index (χ1n) is 13.2. The van der Waals surface area contributed by atoms with Gasteiger partial charge in [-0.25, -0.2) is 9.78 Å². The summed E-state index contributed by atoms with van der Waals surface area (Å²) in [6.45, 7) is 2.46. The maximum atomic E-state index is 12.1. The van der Waals surface area contributed by atoms with E-state index in [1.165, 1.54) is 70.6 Å². The van der Waals surface area contributed by atoms with E-state index in [0.29, 0.717) is 6.42 Å². The van der Waals surface area contributed by atoms with Crippen LogP contribution < -0.4 is 10.6 Å². The van der Waals surface area contributed by atoms with Gasteiger partial charge in [0.2, 0.25) is 11.8 Å². The summed E-state index contributed by atoms with van der Waals surface area (Å²) in [6.07, 6.45) is 20.3. The van der Waals surface area contributed by atoms with E-state index in [9.17, 15) is 19.5 Å². The number of hydrogen-bond donors (Lipinski definition) is 3. The Labute approximate surface area is 205 Å². The van der Waals surface area contributed by atoms with Crippen LogP contribution in [0, 0.1) is 0 Å². The average molecular weight is 479 g/mol. The Kier molecular flexibility index (Phi) is 16.6. The molecule has 1 atom stereocenters. The largest absolute Gasteiger partial charge is 0.480 e. The molecule has 1 rings (SSSR count).